The first kappa shape index (κ1) is 13.2. The highest BCUT2D eigenvalue weighted by atomic mass is 16.1. The van der Waals surface area contributed by atoms with E-state index < -0.39 is 0 Å². The Morgan fingerprint density at radius 1 is 0.700 bits per heavy atom. The Labute approximate surface area is 114 Å². The summed E-state index contributed by atoms with van der Waals surface area (Å²) in [5.41, 5.74) is 1.61. The number of hydrogen-bond donors (Lipinski definition) is 0. The minimum absolute atomic E-state index is 0.233. The largest absolute Gasteiger partial charge is 0.240 e. The molecule has 0 aliphatic heterocycles. The Morgan fingerprint density at radius 2 is 1.45 bits per heavy atom. The topological polar surface area (TPSA) is 83.6 Å². The zero-order valence-electron chi connectivity index (χ0n) is 10.2. The maximum absolute atomic E-state index is 10.4. The van der Waals surface area contributed by atoms with Crippen molar-refractivity contribution in [3.05, 3.63) is 48.5 Å². The van der Waals surface area contributed by atoms with Gasteiger partial charge in [0.2, 0.25) is 12.2 Å². The number of aliphatic imine (C=N–C) groups is 2. The second kappa shape index (κ2) is 6.66. The Bertz CT molecular complexity index is 728. The van der Waals surface area contributed by atoms with E-state index in [0.717, 1.165) is 0 Å². The zero-order chi connectivity index (χ0) is 14.2. The third-order valence-corrected chi connectivity index (χ3v) is 2.33. The van der Waals surface area contributed by atoms with E-state index in [2.05, 4.69) is 20.2 Å². The van der Waals surface area contributed by atoms with Crippen molar-refractivity contribution >= 4 is 34.9 Å². The second-order valence-electron chi connectivity index (χ2n) is 3.61. The first-order valence-electron chi connectivity index (χ1n) is 5.60. The normalized spacial score (nSPS) is 9.80. The molecule has 0 saturated carbocycles. The van der Waals surface area contributed by atoms with Crippen LogP contribution in [0.2, 0.25) is 0 Å². The second-order valence-corrected chi connectivity index (χ2v) is 3.61. The van der Waals surface area contributed by atoms with Crippen LogP contribution in [-0.2, 0) is 9.59 Å². The zero-order valence-corrected chi connectivity index (χ0v) is 10.2. The summed E-state index contributed by atoms with van der Waals surface area (Å²) in [6, 6.07) is 13.6. The fourth-order valence-electron chi connectivity index (χ4n) is 1.46. The van der Waals surface area contributed by atoms with Crippen LogP contribution in [0.3, 0.4) is 0 Å². The highest BCUT2D eigenvalue weighted by molar-refractivity contribution is 5.70. The number of benzene rings is 2. The quantitative estimate of drug-likeness (QED) is 0.474. The number of rotatable bonds is 4. The lowest BCUT2D eigenvalue weighted by atomic mass is 10.2. The van der Waals surface area contributed by atoms with Crippen LogP contribution in [-0.4, -0.2) is 12.2 Å². The number of carbonyl (C=O) groups excluding carboxylic acids is 2. The summed E-state index contributed by atoms with van der Waals surface area (Å²) in [7, 11) is 0. The van der Waals surface area contributed by atoms with Gasteiger partial charge in [0.25, 0.3) is 0 Å². The molecule has 0 saturated heterocycles. The summed E-state index contributed by atoms with van der Waals surface area (Å²) in [5.74, 6) is 0. The van der Waals surface area contributed by atoms with E-state index in [-0.39, 0.29) is 5.69 Å². The number of isocyanates is 2. The van der Waals surface area contributed by atoms with Crippen LogP contribution in [0, 0.1) is 0 Å². The van der Waals surface area contributed by atoms with Crippen molar-refractivity contribution in [1.82, 2.24) is 0 Å². The monoisotopic (exact) mass is 264 g/mol. The van der Waals surface area contributed by atoms with Gasteiger partial charge in [-0.15, -0.1) is 5.11 Å². The van der Waals surface area contributed by atoms with Gasteiger partial charge in [0, 0.05) is 0 Å². The van der Waals surface area contributed by atoms with Crippen molar-refractivity contribution in [2.75, 3.05) is 0 Å². The molecule has 0 aliphatic carbocycles. The fraction of sp³-hybridized carbons (Fsp3) is 0. The number of azo groups is 1. The van der Waals surface area contributed by atoms with Crippen molar-refractivity contribution in [3.63, 3.8) is 0 Å². The molecule has 0 bridgehead atoms. The molecule has 2 aromatic rings. The third-order valence-electron chi connectivity index (χ3n) is 2.33. The summed E-state index contributed by atoms with van der Waals surface area (Å²) in [6.07, 6.45) is 2.84. The maximum atomic E-state index is 10.4. The molecule has 20 heavy (non-hydrogen) atoms. The molecule has 0 fully saturated rings. The van der Waals surface area contributed by atoms with Gasteiger partial charge in [0.15, 0.2) is 0 Å². The van der Waals surface area contributed by atoms with E-state index in [9.17, 15) is 9.59 Å². The van der Waals surface area contributed by atoms with Crippen LogP contribution < -0.4 is 0 Å². The van der Waals surface area contributed by atoms with Gasteiger partial charge in [-0.3, -0.25) is 0 Å². The Hall–Kier alpha value is -3.20. The van der Waals surface area contributed by atoms with Crippen LogP contribution in [0.5, 0.6) is 0 Å². The molecule has 0 spiro atoms. The summed E-state index contributed by atoms with van der Waals surface area (Å²) in [5, 5.41) is 8.03. The van der Waals surface area contributed by atoms with Gasteiger partial charge in [-0.1, -0.05) is 18.2 Å². The molecule has 6 nitrogen and oxygen atoms in total. The molecule has 0 radical (unpaired) electrons. The van der Waals surface area contributed by atoms with Gasteiger partial charge in [-0.2, -0.15) is 15.1 Å². The minimum atomic E-state index is 0.233. The summed E-state index contributed by atoms with van der Waals surface area (Å²) >= 11 is 0. The summed E-state index contributed by atoms with van der Waals surface area (Å²) < 4.78 is 0. The smallest absolute Gasteiger partial charge is 0.211 e. The minimum Gasteiger partial charge on any atom is -0.211 e. The third kappa shape index (κ3) is 3.40. The molecule has 0 heterocycles. The van der Waals surface area contributed by atoms with Gasteiger partial charge < -0.3 is 0 Å². The molecule has 0 aromatic heterocycles. The number of hydrogen-bond acceptors (Lipinski definition) is 6. The molecule has 2 aromatic carbocycles. The highest BCUT2D eigenvalue weighted by Gasteiger charge is 2.02. The predicted octanol–water partition coefficient (Wildman–Crippen LogP) is 4.04. The van der Waals surface area contributed by atoms with Gasteiger partial charge in [-0.05, 0) is 30.3 Å². The van der Waals surface area contributed by atoms with E-state index in [4.69, 9.17) is 0 Å². The maximum Gasteiger partial charge on any atom is 0.240 e. The lowest BCUT2D eigenvalue weighted by molar-refractivity contribution is 0.565. The standard InChI is InChI=1S/C14H8N4O2/c19-9-15-12-6-7-13(14(8-12)16-10-20)18-17-11-4-2-1-3-5-11/h1-8H/b18-17+. The van der Waals surface area contributed by atoms with Gasteiger partial charge >= 0.3 is 0 Å². The molecule has 0 aliphatic rings. The van der Waals surface area contributed by atoms with E-state index >= 15 is 0 Å². The van der Waals surface area contributed by atoms with E-state index in [1.54, 1.807) is 24.3 Å². The first-order valence-corrected chi connectivity index (χ1v) is 5.60. The molecular weight excluding hydrogens is 256 g/mol. The van der Waals surface area contributed by atoms with Gasteiger partial charge in [0.05, 0.1) is 11.4 Å². The van der Waals surface area contributed by atoms with Crippen molar-refractivity contribution in [3.8, 4) is 0 Å². The van der Waals surface area contributed by atoms with Gasteiger partial charge in [-0.25, -0.2) is 9.59 Å². The van der Waals surface area contributed by atoms with Crippen molar-refractivity contribution in [1.29, 1.82) is 0 Å². The van der Waals surface area contributed by atoms with Crippen LogP contribution in [0.25, 0.3) is 0 Å². The molecule has 0 N–H and O–H groups in total. The van der Waals surface area contributed by atoms with Crippen molar-refractivity contribution in [2.45, 2.75) is 0 Å². The van der Waals surface area contributed by atoms with Gasteiger partial charge in [0.1, 0.15) is 11.4 Å². The van der Waals surface area contributed by atoms with Crippen LogP contribution in [0.4, 0.5) is 22.7 Å². The fourth-order valence-corrected chi connectivity index (χ4v) is 1.46. The average Bonchev–Trinajstić information content (AvgIpc) is 2.48. The molecule has 2 rings (SSSR count). The molecule has 0 unspecified atom stereocenters. The molecular formula is C14H8N4O2. The highest BCUT2D eigenvalue weighted by Crippen LogP contribution is 2.32. The van der Waals surface area contributed by atoms with E-state index in [0.29, 0.717) is 17.1 Å². The molecule has 0 atom stereocenters. The first-order chi connectivity index (χ1) is 9.83. The summed E-state index contributed by atoms with van der Waals surface area (Å²) in [6.45, 7) is 0. The lowest BCUT2D eigenvalue weighted by Gasteiger charge is -1.98. The Morgan fingerprint density at radius 3 is 2.15 bits per heavy atom. The Balaban J connectivity index is 2.38. The van der Waals surface area contributed by atoms with Crippen molar-refractivity contribution in [2.24, 2.45) is 20.2 Å². The van der Waals surface area contributed by atoms with Crippen LogP contribution in [0.1, 0.15) is 0 Å². The molecule has 6 heteroatoms. The SMILES string of the molecule is O=C=Nc1ccc(/N=N/c2ccccc2)c(N=C=O)c1. The average molecular weight is 264 g/mol. The van der Waals surface area contributed by atoms with E-state index in [1.165, 1.54) is 18.2 Å². The lowest BCUT2D eigenvalue weighted by Crippen LogP contribution is -1.70. The van der Waals surface area contributed by atoms with Crippen LogP contribution >= 0.6 is 0 Å². The van der Waals surface area contributed by atoms with Crippen molar-refractivity contribution < 1.29 is 9.59 Å². The Kier molecular flexibility index (Phi) is 4.41. The summed E-state index contributed by atoms with van der Waals surface area (Å²) in [4.78, 5) is 27.5. The van der Waals surface area contributed by atoms with E-state index in [1.807, 2.05) is 18.2 Å². The molecule has 96 valence electrons. The molecule has 0 amide bonds. The number of nitrogens with zero attached hydrogens (tertiary/aromatic N) is 4. The predicted molar refractivity (Wildman–Crippen MR) is 72.6 cm³/mol. The van der Waals surface area contributed by atoms with Crippen LogP contribution in [0.15, 0.2) is 68.7 Å².